The lowest BCUT2D eigenvalue weighted by molar-refractivity contribution is 0.105. The third kappa shape index (κ3) is 5.06. The highest BCUT2D eigenvalue weighted by molar-refractivity contribution is 5.44. The van der Waals surface area contributed by atoms with Crippen molar-refractivity contribution in [3.05, 3.63) is 59.5 Å². The van der Waals surface area contributed by atoms with Crippen molar-refractivity contribution in [2.45, 2.75) is 74.1 Å². The van der Waals surface area contributed by atoms with Crippen molar-refractivity contribution in [2.75, 3.05) is 0 Å². The normalized spacial score (nSPS) is 21.8. The Morgan fingerprint density at radius 2 is 1.92 bits per heavy atom. The summed E-state index contributed by atoms with van der Waals surface area (Å²) in [6.45, 7) is 19.6. The SMILES string of the molecule is C=C(CC/C=C\C)C1=C(F)C=C(C)CC1C(C)(C=CCC)C(C)(C)C. The maximum Gasteiger partial charge on any atom is 0.126 e. The van der Waals surface area contributed by atoms with E-state index in [4.69, 9.17) is 0 Å². The molecule has 2 unspecified atom stereocenters. The minimum Gasteiger partial charge on any atom is -0.207 e. The van der Waals surface area contributed by atoms with Crippen LogP contribution in [0.5, 0.6) is 0 Å². The molecule has 0 aromatic heterocycles. The van der Waals surface area contributed by atoms with Crippen LogP contribution in [0, 0.1) is 16.7 Å². The fourth-order valence-electron chi connectivity index (χ4n) is 3.68. The third-order valence-corrected chi connectivity index (χ3v) is 5.77. The first kappa shape index (κ1) is 21.7. The Labute approximate surface area is 155 Å². The van der Waals surface area contributed by atoms with Gasteiger partial charge in [0.05, 0.1) is 0 Å². The van der Waals surface area contributed by atoms with E-state index in [1.54, 1.807) is 6.08 Å². The highest BCUT2D eigenvalue weighted by Crippen LogP contribution is 2.54. The zero-order chi connectivity index (χ0) is 19.3. The smallest absolute Gasteiger partial charge is 0.126 e. The largest absolute Gasteiger partial charge is 0.207 e. The second kappa shape index (κ2) is 8.83. The monoisotopic (exact) mass is 344 g/mol. The highest BCUT2D eigenvalue weighted by atomic mass is 19.1. The molecule has 1 rings (SSSR count). The summed E-state index contributed by atoms with van der Waals surface area (Å²) in [7, 11) is 0. The molecule has 1 heteroatoms. The van der Waals surface area contributed by atoms with Gasteiger partial charge >= 0.3 is 0 Å². The van der Waals surface area contributed by atoms with Crippen LogP contribution in [0.2, 0.25) is 0 Å². The van der Waals surface area contributed by atoms with Crippen LogP contribution in [0.4, 0.5) is 4.39 Å². The molecule has 25 heavy (non-hydrogen) atoms. The first-order valence-corrected chi connectivity index (χ1v) is 9.62. The summed E-state index contributed by atoms with van der Waals surface area (Å²) in [4.78, 5) is 0. The lowest BCUT2D eigenvalue weighted by atomic mass is 9.56. The van der Waals surface area contributed by atoms with Gasteiger partial charge in [0.1, 0.15) is 5.83 Å². The Kier molecular flexibility index (Phi) is 7.65. The van der Waals surface area contributed by atoms with Crippen LogP contribution in [0.15, 0.2) is 59.5 Å². The Bertz CT molecular complexity index is 592. The van der Waals surface area contributed by atoms with Gasteiger partial charge in [-0.15, -0.1) is 0 Å². The maximum absolute atomic E-state index is 15.0. The van der Waals surface area contributed by atoms with Crippen molar-refractivity contribution in [2.24, 2.45) is 16.7 Å². The molecule has 0 radical (unpaired) electrons. The van der Waals surface area contributed by atoms with Gasteiger partial charge in [-0.2, -0.15) is 0 Å². The van der Waals surface area contributed by atoms with Gasteiger partial charge in [-0.05, 0) is 67.6 Å². The molecular formula is C24H37F. The van der Waals surface area contributed by atoms with Gasteiger partial charge in [-0.3, -0.25) is 0 Å². The molecule has 1 aliphatic rings. The van der Waals surface area contributed by atoms with E-state index >= 15 is 4.39 Å². The van der Waals surface area contributed by atoms with E-state index in [1.807, 2.05) is 19.9 Å². The fraction of sp³-hybridized carbons (Fsp3) is 0.583. The summed E-state index contributed by atoms with van der Waals surface area (Å²) in [5.74, 6) is 0.0398. The number of rotatable bonds is 7. The van der Waals surface area contributed by atoms with Crippen molar-refractivity contribution in [1.82, 2.24) is 0 Å². The average Bonchev–Trinajstić information content (AvgIpc) is 2.50. The molecule has 0 nitrogen and oxygen atoms in total. The molecule has 0 N–H and O–H groups in total. The molecule has 0 spiro atoms. The van der Waals surface area contributed by atoms with E-state index in [9.17, 15) is 0 Å². The van der Waals surface area contributed by atoms with E-state index in [1.165, 1.54) is 0 Å². The van der Waals surface area contributed by atoms with E-state index in [0.717, 1.165) is 42.4 Å². The number of hydrogen-bond acceptors (Lipinski definition) is 0. The summed E-state index contributed by atoms with van der Waals surface area (Å²) in [5, 5.41) is 0. The van der Waals surface area contributed by atoms with Crippen LogP contribution < -0.4 is 0 Å². The van der Waals surface area contributed by atoms with Crippen LogP contribution in [-0.2, 0) is 0 Å². The minimum absolute atomic E-state index is 0.0239. The Hall–Kier alpha value is -1.37. The Balaban J connectivity index is 3.39. The van der Waals surface area contributed by atoms with Crippen LogP contribution in [0.1, 0.15) is 74.1 Å². The first-order chi connectivity index (χ1) is 11.6. The molecule has 0 aromatic carbocycles. The van der Waals surface area contributed by atoms with E-state index in [0.29, 0.717) is 0 Å². The molecule has 0 aliphatic heterocycles. The fourth-order valence-corrected chi connectivity index (χ4v) is 3.68. The Morgan fingerprint density at radius 3 is 2.44 bits per heavy atom. The molecule has 0 heterocycles. The second-order valence-electron chi connectivity index (χ2n) is 8.56. The first-order valence-electron chi connectivity index (χ1n) is 9.62. The van der Waals surface area contributed by atoms with Crippen LogP contribution in [-0.4, -0.2) is 0 Å². The summed E-state index contributed by atoms with van der Waals surface area (Å²) in [6, 6.07) is 0. The van der Waals surface area contributed by atoms with Crippen molar-refractivity contribution in [3.8, 4) is 0 Å². The predicted octanol–water partition coefficient (Wildman–Crippen LogP) is 8.11. The maximum atomic E-state index is 15.0. The molecule has 2 atom stereocenters. The number of halogens is 1. The van der Waals surface area contributed by atoms with Crippen molar-refractivity contribution < 1.29 is 4.39 Å². The van der Waals surface area contributed by atoms with Crippen LogP contribution >= 0.6 is 0 Å². The van der Waals surface area contributed by atoms with E-state index in [2.05, 4.69) is 59.4 Å². The summed E-state index contributed by atoms with van der Waals surface area (Å²) in [5.41, 5.74) is 2.80. The van der Waals surface area contributed by atoms with Crippen molar-refractivity contribution in [3.63, 3.8) is 0 Å². The van der Waals surface area contributed by atoms with Crippen LogP contribution in [0.3, 0.4) is 0 Å². The lowest BCUT2D eigenvalue weighted by Crippen LogP contribution is -2.40. The third-order valence-electron chi connectivity index (χ3n) is 5.77. The molecule has 1 aliphatic carbocycles. The van der Waals surface area contributed by atoms with Gasteiger partial charge in [0, 0.05) is 5.92 Å². The zero-order valence-electron chi connectivity index (χ0n) is 17.4. The van der Waals surface area contributed by atoms with Crippen molar-refractivity contribution in [1.29, 1.82) is 0 Å². The molecule has 0 aromatic rings. The average molecular weight is 345 g/mol. The van der Waals surface area contributed by atoms with Crippen LogP contribution in [0.25, 0.3) is 0 Å². The molecule has 0 saturated heterocycles. The topological polar surface area (TPSA) is 0 Å². The zero-order valence-corrected chi connectivity index (χ0v) is 17.4. The standard InChI is InChI=1S/C24H37F/c1-9-11-13-14-19(4)22-20(16-18(3)17-21(22)25)24(8,15-12-10-2)23(5,6)7/h9,11-12,15,17,20H,4,10,13-14,16H2,1-3,5-8H3/b11-9-,15-12?. The highest BCUT2D eigenvalue weighted by Gasteiger charge is 2.45. The Morgan fingerprint density at radius 1 is 1.28 bits per heavy atom. The molecule has 0 saturated carbocycles. The summed E-state index contributed by atoms with van der Waals surface area (Å²) >= 11 is 0. The summed E-state index contributed by atoms with van der Waals surface area (Å²) in [6.07, 6.45) is 14.1. The van der Waals surface area contributed by atoms with E-state index in [-0.39, 0.29) is 22.6 Å². The molecular weight excluding hydrogens is 307 g/mol. The molecule has 0 bridgehead atoms. The number of allylic oxidation sites excluding steroid dienone is 9. The molecule has 0 amide bonds. The molecule has 0 fully saturated rings. The van der Waals surface area contributed by atoms with Gasteiger partial charge < -0.3 is 0 Å². The molecule has 140 valence electrons. The van der Waals surface area contributed by atoms with Gasteiger partial charge in [0.15, 0.2) is 0 Å². The predicted molar refractivity (Wildman–Crippen MR) is 110 cm³/mol. The van der Waals surface area contributed by atoms with Gasteiger partial charge in [0.25, 0.3) is 0 Å². The van der Waals surface area contributed by atoms with Gasteiger partial charge in [0.2, 0.25) is 0 Å². The minimum atomic E-state index is -0.130. The van der Waals surface area contributed by atoms with E-state index < -0.39 is 0 Å². The van der Waals surface area contributed by atoms with Crippen molar-refractivity contribution >= 4 is 0 Å². The number of hydrogen-bond donors (Lipinski definition) is 0. The van der Waals surface area contributed by atoms with Gasteiger partial charge in [-0.25, -0.2) is 4.39 Å². The quantitative estimate of drug-likeness (QED) is 0.409. The second-order valence-corrected chi connectivity index (χ2v) is 8.56. The lowest BCUT2D eigenvalue weighted by Gasteiger charge is -2.48. The van der Waals surface area contributed by atoms with Gasteiger partial charge in [-0.1, -0.05) is 71.1 Å². The summed E-state index contributed by atoms with van der Waals surface area (Å²) < 4.78 is 15.0.